The highest BCUT2D eigenvalue weighted by Crippen LogP contribution is 2.40. The zero-order valence-corrected chi connectivity index (χ0v) is 10.1. The van der Waals surface area contributed by atoms with Gasteiger partial charge in [-0.1, -0.05) is 31.2 Å². The van der Waals surface area contributed by atoms with E-state index in [1.807, 2.05) is 0 Å². The van der Waals surface area contributed by atoms with E-state index in [0.717, 1.165) is 24.4 Å². The molecule has 0 heterocycles. The lowest BCUT2D eigenvalue weighted by Gasteiger charge is -2.24. The fourth-order valence-corrected chi connectivity index (χ4v) is 3.26. The largest absolute Gasteiger partial charge is 0.314 e. The fourth-order valence-electron chi connectivity index (χ4n) is 3.26. The van der Waals surface area contributed by atoms with E-state index in [9.17, 15) is 0 Å². The molecule has 1 saturated carbocycles. The molecule has 3 rings (SSSR count). The van der Waals surface area contributed by atoms with Crippen LogP contribution in [0.25, 0.3) is 0 Å². The number of fused-ring (bicyclic) bond motifs is 1. The van der Waals surface area contributed by atoms with Crippen molar-refractivity contribution in [1.29, 1.82) is 0 Å². The van der Waals surface area contributed by atoms with E-state index in [2.05, 4.69) is 36.5 Å². The maximum Gasteiger partial charge on any atom is 0.0130 e. The lowest BCUT2D eigenvalue weighted by molar-refractivity contribution is 0.335. The van der Waals surface area contributed by atoms with E-state index in [1.165, 1.54) is 25.7 Å². The Morgan fingerprint density at radius 1 is 1.12 bits per heavy atom. The second-order valence-electron chi connectivity index (χ2n) is 5.36. The Labute approximate surface area is 98.3 Å². The summed E-state index contributed by atoms with van der Waals surface area (Å²) in [5.74, 6) is 1.82. The Kier molecular flexibility index (Phi) is 2.72. The molecule has 1 heteroatoms. The van der Waals surface area contributed by atoms with Gasteiger partial charge in [-0.25, -0.2) is 0 Å². The molecule has 0 bridgehead atoms. The van der Waals surface area contributed by atoms with Crippen LogP contribution in [0.2, 0.25) is 0 Å². The third-order valence-corrected chi connectivity index (χ3v) is 4.16. The van der Waals surface area contributed by atoms with Crippen LogP contribution in [0.1, 0.15) is 30.9 Å². The van der Waals surface area contributed by atoms with Crippen LogP contribution < -0.4 is 5.32 Å². The average molecular weight is 215 g/mol. The first-order valence-electron chi connectivity index (χ1n) is 6.68. The number of hydrogen-bond acceptors (Lipinski definition) is 1. The smallest absolute Gasteiger partial charge is 0.0130 e. The van der Waals surface area contributed by atoms with Gasteiger partial charge < -0.3 is 5.32 Å². The third kappa shape index (κ3) is 1.89. The van der Waals surface area contributed by atoms with Gasteiger partial charge in [0.15, 0.2) is 0 Å². The van der Waals surface area contributed by atoms with Gasteiger partial charge in [0.05, 0.1) is 0 Å². The number of rotatable bonds is 4. The van der Waals surface area contributed by atoms with Crippen LogP contribution >= 0.6 is 0 Å². The van der Waals surface area contributed by atoms with Gasteiger partial charge in [-0.15, -0.1) is 0 Å². The molecule has 0 aromatic heterocycles. The van der Waals surface area contributed by atoms with Crippen LogP contribution in [-0.4, -0.2) is 12.6 Å². The summed E-state index contributed by atoms with van der Waals surface area (Å²) in [6.07, 6.45) is 5.49. The number of nitrogens with one attached hydrogen (secondary N) is 1. The van der Waals surface area contributed by atoms with Gasteiger partial charge >= 0.3 is 0 Å². The summed E-state index contributed by atoms with van der Waals surface area (Å²) in [6.45, 7) is 3.35. The summed E-state index contributed by atoms with van der Waals surface area (Å²) in [6, 6.07) is 9.76. The highest BCUT2D eigenvalue weighted by molar-refractivity contribution is 5.32. The molecule has 2 aliphatic rings. The molecule has 1 aromatic carbocycles. The molecule has 0 aliphatic heterocycles. The molecule has 1 unspecified atom stereocenters. The first-order valence-corrected chi connectivity index (χ1v) is 6.68. The highest BCUT2D eigenvalue weighted by atomic mass is 14.9. The van der Waals surface area contributed by atoms with Gasteiger partial charge in [-0.2, -0.15) is 0 Å². The molecule has 1 fully saturated rings. The summed E-state index contributed by atoms with van der Waals surface area (Å²) in [5, 5.41) is 3.72. The lowest BCUT2D eigenvalue weighted by atomic mass is 9.93. The molecule has 16 heavy (non-hydrogen) atoms. The second kappa shape index (κ2) is 4.21. The Morgan fingerprint density at radius 2 is 1.75 bits per heavy atom. The molecule has 0 spiro atoms. The Morgan fingerprint density at radius 3 is 2.25 bits per heavy atom. The summed E-state index contributed by atoms with van der Waals surface area (Å²) in [7, 11) is 0. The van der Waals surface area contributed by atoms with Crippen molar-refractivity contribution in [2.45, 2.75) is 38.6 Å². The predicted octanol–water partition coefficient (Wildman–Crippen LogP) is 2.79. The van der Waals surface area contributed by atoms with Gasteiger partial charge in [-0.3, -0.25) is 0 Å². The molecule has 1 N–H and O–H groups in total. The van der Waals surface area contributed by atoms with Crippen molar-refractivity contribution in [2.24, 2.45) is 11.8 Å². The maximum absolute atomic E-state index is 3.72. The van der Waals surface area contributed by atoms with Crippen LogP contribution in [0.3, 0.4) is 0 Å². The minimum atomic E-state index is 0.775. The quantitative estimate of drug-likeness (QED) is 0.814. The SMILES string of the molecule is CCNC(C1CC1)C1Cc2ccccc2C1. The predicted molar refractivity (Wildman–Crippen MR) is 67.5 cm³/mol. The summed E-state index contributed by atoms with van der Waals surface area (Å²) >= 11 is 0. The average Bonchev–Trinajstić information content (AvgIpc) is 3.04. The number of benzene rings is 1. The molecular formula is C15H21N. The Bertz CT molecular complexity index is 342. The van der Waals surface area contributed by atoms with Crippen LogP contribution in [0.15, 0.2) is 24.3 Å². The topological polar surface area (TPSA) is 12.0 Å². The van der Waals surface area contributed by atoms with Crippen LogP contribution in [0.5, 0.6) is 0 Å². The van der Waals surface area contributed by atoms with Crippen molar-refractivity contribution in [3.63, 3.8) is 0 Å². The molecular weight excluding hydrogens is 194 g/mol. The Balaban J connectivity index is 1.73. The second-order valence-corrected chi connectivity index (χ2v) is 5.36. The zero-order valence-electron chi connectivity index (χ0n) is 10.1. The minimum Gasteiger partial charge on any atom is -0.314 e. The first-order chi connectivity index (χ1) is 7.88. The molecule has 0 radical (unpaired) electrons. The normalized spacial score (nSPS) is 22.1. The van der Waals surface area contributed by atoms with Crippen LogP contribution in [0.4, 0.5) is 0 Å². The molecule has 1 nitrogen and oxygen atoms in total. The number of hydrogen-bond donors (Lipinski definition) is 1. The monoisotopic (exact) mass is 215 g/mol. The van der Waals surface area contributed by atoms with E-state index in [0.29, 0.717) is 0 Å². The van der Waals surface area contributed by atoms with Gasteiger partial charge in [0.2, 0.25) is 0 Å². The Hall–Kier alpha value is -0.820. The van der Waals surface area contributed by atoms with Crippen molar-refractivity contribution in [3.8, 4) is 0 Å². The first kappa shape index (κ1) is 10.3. The summed E-state index contributed by atoms with van der Waals surface area (Å²) in [4.78, 5) is 0. The van der Waals surface area contributed by atoms with E-state index in [1.54, 1.807) is 11.1 Å². The molecule has 2 aliphatic carbocycles. The summed E-state index contributed by atoms with van der Waals surface area (Å²) in [5.41, 5.74) is 3.19. The van der Waals surface area contributed by atoms with E-state index >= 15 is 0 Å². The molecule has 86 valence electrons. The molecule has 0 amide bonds. The van der Waals surface area contributed by atoms with Crippen molar-refractivity contribution < 1.29 is 0 Å². The van der Waals surface area contributed by atoms with E-state index < -0.39 is 0 Å². The maximum atomic E-state index is 3.72. The van der Waals surface area contributed by atoms with Gasteiger partial charge in [0.25, 0.3) is 0 Å². The van der Waals surface area contributed by atoms with Crippen molar-refractivity contribution >= 4 is 0 Å². The molecule has 1 atom stereocenters. The van der Waals surface area contributed by atoms with Crippen LogP contribution in [0, 0.1) is 11.8 Å². The standard InChI is InChI=1S/C15H21N/c1-2-16-15(11-7-8-11)14-9-12-5-3-4-6-13(12)10-14/h3-6,11,14-16H,2,7-10H2,1H3. The zero-order chi connectivity index (χ0) is 11.0. The van der Waals surface area contributed by atoms with Gasteiger partial charge in [-0.05, 0) is 55.2 Å². The van der Waals surface area contributed by atoms with Gasteiger partial charge in [0, 0.05) is 6.04 Å². The van der Waals surface area contributed by atoms with Crippen LogP contribution in [-0.2, 0) is 12.8 Å². The van der Waals surface area contributed by atoms with E-state index in [4.69, 9.17) is 0 Å². The lowest BCUT2D eigenvalue weighted by Crippen LogP contribution is -2.38. The summed E-state index contributed by atoms with van der Waals surface area (Å²) < 4.78 is 0. The minimum absolute atomic E-state index is 0.775. The van der Waals surface area contributed by atoms with Crippen molar-refractivity contribution in [2.75, 3.05) is 6.54 Å². The van der Waals surface area contributed by atoms with Gasteiger partial charge in [0.1, 0.15) is 0 Å². The van der Waals surface area contributed by atoms with E-state index in [-0.39, 0.29) is 0 Å². The fraction of sp³-hybridized carbons (Fsp3) is 0.600. The van der Waals surface area contributed by atoms with Crippen molar-refractivity contribution in [1.82, 2.24) is 5.32 Å². The molecule has 1 aromatic rings. The third-order valence-electron chi connectivity index (χ3n) is 4.16. The van der Waals surface area contributed by atoms with Crippen molar-refractivity contribution in [3.05, 3.63) is 35.4 Å². The highest BCUT2D eigenvalue weighted by Gasteiger charge is 2.38. The molecule has 0 saturated heterocycles.